The lowest BCUT2D eigenvalue weighted by atomic mass is 10.1. The van der Waals surface area contributed by atoms with Crippen LogP contribution in [0.4, 0.5) is 10.1 Å². The van der Waals surface area contributed by atoms with Crippen LogP contribution in [-0.2, 0) is 16.1 Å². The molecule has 0 bridgehead atoms. The first-order valence-corrected chi connectivity index (χ1v) is 10.4. The molecule has 2 aromatic carbocycles. The van der Waals surface area contributed by atoms with Crippen LogP contribution in [0.3, 0.4) is 0 Å². The largest absolute Gasteiger partial charge is 0.365 e. The predicted molar refractivity (Wildman–Crippen MR) is 116 cm³/mol. The minimum atomic E-state index is -0.306. The Balaban J connectivity index is 1.26. The summed E-state index contributed by atoms with van der Waals surface area (Å²) in [5, 5.41) is 3.96. The van der Waals surface area contributed by atoms with Crippen molar-refractivity contribution in [2.75, 3.05) is 31.1 Å². The zero-order chi connectivity index (χ0) is 21.8. The van der Waals surface area contributed by atoms with Gasteiger partial charge in [-0.2, -0.15) is 0 Å². The number of amides is 1. The third kappa shape index (κ3) is 5.11. The average Bonchev–Trinajstić information content (AvgIpc) is 3.23. The molecule has 4 rings (SSSR count). The van der Waals surface area contributed by atoms with Crippen LogP contribution >= 0.6 is 0 Å². The Hall–Kier alpha value is -3.19. The minimum Gasteiger partial charge on any atom is -0.365 e. The van der Waals surface area contributed by atoms with Crippen molar-refractivity contribution in [2.45, 2.75) is 26.5 Å². The molecule has 2 heterocycles. The molecular weight excluding hydrogens is 397 g/mol. The molecule has 1 aliphatic heterocycles. The van der Waals surface area contributed by atoms with Crippen molar-refractivity contribution in [1.29, 1.82) is 0 Å². The number of piperazine rings is 1. The third-order valence-electron chi connectivity index (χ3n) is 5.48. The molecule has 0 radical (unpaired) electrons. The van der Waals surface area contributed by atoms with Crippen LogP contribution in [0.2, 0.25) is 0 Å². The van der Waals surface area contributed by atoms with Crippen molar-refractivity contribution in [3.63, 3.8) is 0 Å². The summed E-state index contributed by atoms with van der Waals surface area (Å²) in [6, 6.07) is 16.4. The number of ether oxygens (including phenoxy) is 1. The normalized spacial score (nSPS) is 16.5. The fraction of sp³-hybridized carbons (Fsp3) is 0.333. The van der Waals surface area contributed by atoms with Crippen molar-refractivity contribution in [1.82, 2.24) is 10.1 Å². The number of aromatic nitrogens is 1. The zero-order valence-electron chi connectivity index (χ0n) is 17.8. The highest BCUT2D eigenvalue weighted by molar-refractivity contribution is 5.78. The van der Waals surface area contributed by atoms with E-state index in [9.17, 15) is 9.18 Å². The molecule has 1 atom stereocenters. The zero-order valence-corrected chi connectivity index (χ0v) is 17.8. The van der Waals surface area contributed by atoms with Gasteiger partial charge < -0.3 is 19.1 Å². The van der Waals surface area contributed by atoms with Gasteiger partial charge in [0.25, 0.3) is 0 Å². The highest BCUT2D eigenvalue weighted by Gasteiger charge is 2.27. The number of carbonyl (C=O) groups is 1. The number of rotatable bonds is 6. The number of nitrogens with zero attached hydrogens (tertiary/aromatic N) is 3. The van der Waals surface area contributed by atoms with E-state index in [4.69, 9.17) is 9.26 Å². The Morgan fingerprint density at radius 1 is 1.19 bits per heavy atom. The van der Waals surface area contributed by atoms with Crippen LogP contribution in [0.15, 0.2) is 59.1 Å². The fourth-order valence-corrected chi connectivity index (χ4v) is 3.84. The molecule has 7 heteroatoms. The molecule has 1 fully saturated rings. The van der Waals surface area contributed by atoms with Gasteiger partial charge in [-0.15, -0.1) is 0 Å². The van der Waals surface area contributed by atoms with Crippen molar-refractivity contribution < 1.29 is 18.4 Å². The van der Waals surface area contributed by atoms with Crippen molar-refractivity contribution >= 4 is 11.6 Å². The first kappa shape index (κ1) is 21.1. The molecular formula is C24H26FN3O3. The van der Waals surface area contributed by atoms with Gasteiger partial charge in [-0.05, 0) is 55.8 Å². The standard InChI is InChI=1S/C24H26FN3O3/c1-17-4-3-5-22(12-17)28-11-10-27(14-18(28)2)24(29)16-30-15-21-13-23(31-26-21)19-6-8-20(25)9-7-19/h3-9,12-13,18H,10-11,14-16H2,1-2H3/t18-/m0/s1. The van der Waals surface area contributed by atoms with E-state index in [1.54, 1.807) is 18.2 Å². The van der Waals surface area contributed by atoms with E-state index in [2.05, 4.69) is 48.2 Å². The lowest BCUT2D eigenvalue weighted by Gasteiger charge is -2.41. The third-order valence-corrected chi connectivity index (χ3v) is 5.48. The Labute approximate surface area is 181 Å². The quantitative estimate of drug-likeness (QED) is 0.599. The minimum absolute atomic E-state index is 0.00406. The number of aryl methyl sites for hydroxylation is 1. The van der Waals surface area contributed by atoms with Gasteiger partial charge in [-0.25, -0.2) is 4.39 Å². The molecule has 1 saturated heterocycles. The first-order chi connectivity index (χ1) is 15.0. The molecule has 0 spiro atoms. The Morgan fingerprint density at radius 3 is 2.74 bits per heavy atom. The van der Waals surface area contributed by atoms with E-state index in [-0.39, 0.29) is 31.0 Å². The topological polar surface area (TPSA) is 58.8 Å². The highest BCUT2D eigenvalue weighted by Crippen LogP contribution is 2.22. The van der Waals surface area contributed by atoms with Crippen LogP contribution in [-0.4, -0.2) is 48.2 Å². The summed E-state index contributed by atoms with van der Waals surface area (Å²) >= 11 is 0. The van der Waals surface area contributed by atoms with Crippen molar-refractivity contribution in [3.8, 4) is 11.3 Å². The molecule has 162 valence electrons. The van der Waals surface area contributed by atoms with E-state index in [1.807, 2.05) is 4.90 Å². The molecule has 3 aromatic rings. The molecule has 0 unspecified atom stereocenters. The average molecular weight is 423 g/mol. The number of hydrogen-bond acceptors (Lipinski definition) is 5. The van der Waals surface area contributed by atoms with Gasteiger partial charge in [0.05, 0.1) is 6.61 Å². The second-order valence-electron chi connectivity index (χ2n) is 7.90. The van der Waals surface area contributed by atoms with Gasteiger partial charge in [0, 0.05) is 43.0 Å². The number of anilines is 1. The summed E-state index contributed by atoms with van der Waals surface area (Å²) in [6.07, 6.45) is 0. The second-order valence-corrected chi connectivity index (χ2v) is 7.90. The Bertz CT molecular complexity index is 1030. The van der Waals surface area contributed by atoms with Gasteiger partial charge in [0.1, 0.15) is 18.1 Å². The number of halogens is 1. The molecule has 0 aliphatic carbocycles. The van der Waals surface area contributed by atoms with Gasteiger partial charge in [-0.3, -0.25) is 4.79 Å². The van der Waals surface area contributed by atoms with Gasteiger partial charge in [-0.1, -0.05) is 17.3 Å². The molecule has 1 aliphatic rings. The van der Waals surface area contributed by atoms with E-state index in [0.29, 0.717) is 24.5 Å². The lowest BCUT2D eigenvalue weighted by molar-refractivity contribution is -0.137. The summed E-state index contributed by atoms with van der Waals surface area (Å²) in [7, 11) is 0. The summed E-state index contributed by atoms with van der Waals surface area (Å²) in [5.74, 6) is 0.198. The van der Waals surface area contributed by atoms with Crippen LogP contribution in [0, 0.1) is 12.7 Å². The number of benzene rings is 2. The Morgan fingerprint density at radius 2 is 2.00 bits per heavy atom. The van der Waals surface area contributed by atoms with Crippen LogP contribution in [0.25, 0.3) is 11.3 Å². The van der Waals surface area contributed by atoms with Gasteiger partial charge >= 0.3 is 0 Å². The van der Waals surface area contributed by atoms with Gasteiger partial charge in [0.15, 0.2) is 5.76 Å². The van der Waals surface area contributed by atoms with Crippen LogP contribution in [0.5, 0.6) is 0 Å². The number of hydrogen-bond donors (Lipinski definition) is 0. The second kappa shape index (κ2) is 9.31. The van der Waals surface area contributed by atoms with Crippen LogP contribution in [0.1, 0.15) is 18.2 Å². The molecule has 31 heavy (non-hydrogen) atoms. The summed E-state index contributed by atoms with van der Waals surface area (Å²) in [6.45, 7) is 6.51. The smallest absolute Gasteiger partial charge is 0.248 e. The molecule has 1 aromatic heterocycles. The van der Waals surface area contributed by atoms with E-state index >= 15 is 0 Å². The van der Waals surface area contributed by atoms with Crippen LogP contribution < -0.4 is 4.90 Å². The summed E-state index contributed by atoms with van der Waals surface area (Å²) < 4.78 is 23.9. The molecule has 0 saturated carbocycles. The van der Waals surface area contributed by atoms with Crippen molar-refractivity contribution in [3.05, 3.63) is 71.7 Å². The van der Waals surface area contributed by atoms with E-state index in [0.717, 1.165) is 12.1 Å². The highest BCUT2D eigenvalue weighted by atomic mass is 19.1. The monoisotopic (exact) mass is 423 g/mol. The fourth-order valence-electron chi connectivity index (χ4n) is 3.84. The SMILES string of the molecule is Cc1cccc(N2CCN(C(=O)COCc3cc(-c4ccc(F)cc4)on3)C[C@@H]2C)c1. The van der Waals surface area contributed by atoms with E-state index in [1.165, 1.54) is 23.4 Å². The molecule has 6 nitrogen and oxygen atoms in total. The molecule has 0 N–H and O–H groups in total. The maximum absolute atomic E-state index is 13.0. The van der Waals surface area contributed by atoms with E-state index < -0.39 is 0 Å². The summed E-state index contributed by atoms with van der Waals surface area (Å²) in [4.78, 5) is 16.8. The maximum Gasteiger partial charge on any atom is 0.248 e. The lowest BCUT2D eigenvalue weighted by Crippen LogP contribution is -2.54. The van der Waals surface area contributed by atoms with Gasteiger partial charge in [0.2, 0.25) is 5.91 Å². The number of carbonyl (C=O) groups excluding carboxylic acids is 1. The Kier molecular flexibility index (Phi) is 6.32. The maximum atomic E-state index is 13.0. The first-order valence-electron chi connectivity index (χ1n) is 10.4. The van der Waals surface area contributed by atoms with Crippen molar-refractivity contribution in [2.24, 2.45) is 0 Å². The predicted octanol–water partition coefficient (Wildman–Crippen LogP) is 4.04. The summed E-state index contributed by atoms with van der Waals surface area (Å²) in [5.41, 5.74) is 3.74. The molecule has 1 amide bonds.